The molecule has 0 N–H and O–H groups in total. The fourth-order valence-corrected chi connectivity index (χ4v) is 2.48. The molecule has 0 aliphatic heterocycles. The van der Waals surface area contributed by atoms with Crippen molar-refractivity contribution in [2.24, 2.45) is 5.41 Å². The van der Waals surface area contributed by atoms with Gasteiger partial charge in [0.2, 0.25) is 0 Å². The minimum Gasteiger partial charge on any atom is -0.0920 e. The van der Waals surface area contributed by atoms with Gasteiger partial charge in [-0.25, -0.2) is 0 Å². The summed E-state index contributed by atoms with van der Waals surface area (Å²) in [6.45, 7) is 13.5. The first-order chi connectivity index (χ1) is 7.18. The highest BCUT2D eigenvalue weighted by atomic mass is 28.3. The molecule has 0 bridgehead atoms. The third kappa shape index (κ3) is 4.24. The van der Waals surface area contributed by atoms with E-state index in [-0.39, 0.29) is 5.41 Å². The van der Waals surface area contributed by atoms with Crippen molar-refractivity contribution < 1.29 is 0 Å². The predicted octanol–water partition coefficient (Wildman–Crippen LogP) is 3.63. The number of hydrogen-bond donors (Lipinski definition) is 0. The van der Waals surface area contributed by atoms with E-state index in [4.69, 9.17) is 0 Å². The summed E-state index contributed by atoms with van der Waals surface area (Å²) in [5, 5.41) is 1.49. The van der Waals surface area contributed by atoms with Crippen molar-refractivity contribution in [2.45, 2.75) is 40.4 Å². The molecule has 1 heteroatoms. The average Bonchev–Trinajstić information content (AvgIpc) is 2.13. The molecule has 1 rings (SSSR count). The maximum Gasteiger partial charge on any atom is 0.0775 e. The Hall–Kier alpha value is -1.00. The molecular weight excluding hydrogens is 208 g/mol. The van der Waals surface area contributed by atoms with Gasteiger partial charge in [-0.3, -0.25) is 0 Å². The molecule has 0 unspecified atom stereocenters. The van der Waals surface area contributed by atoms with Crippen molar-refractivity contribution >= 4 is 13.3 Å². The third-order valence-electron chi connectivity index (χ3n) is 2.33. The summed E-state index contributed by atoms with van der Waals surface area (Å²) in [5.41, 5.74) is 1.20. The molecule has 0 atom stereocenters. The Morgan fingerprint density at radius 2 is 1.44 bits per heavy atom. The summed E-state index contributed by atoms with van der Waals surface area (Å²) >= 11 is 0. The molecule has 0 amide bonds. The number of rotatable bonds is 1. The molecule has 1 aromatic carbocycles. The maximum absolute atomic E-state index is 3.26. The molecule has 0 spiro atoms. The van der Waals surface area contributed by atoms with Crippen molar-refractivity contribution in [3.63, 3.8) is 0 Å². The summed E-state index contributed by atoms with van der Waals surface area (Å²) in [5.74, 6) is 6.49. The van der Waals surface area contributed by atoms with Crippen LogP contribution in [-0.4, -0.2) is 8.07 Å². The number of benzene rings is 1. The molecule has 0 heterocycles. The Balaban J connectivity index is 2.91. The van der Waals surface area contributed by atoms with Crippen LogP contribution >= 0.6 is 0 Å². The van der Waals surface area contributed by atoms with Crippen LogP contribution in [0.3, 0.4) is 0 Å². The fraction of sp³-hybridized carbons (Fsp3) is 0.467. The van der Waals surface area contributed by atoms with Crippen LogP contribution in [0.15, 0.2) is 24.3 Å². The second-order valence-corrected chi connectivity index (χ2v) is 11.4. The highest BCUT2D eigenvalue weighted by Crippen LogP contribution is 2.11. The van der Waals surface area contributed by atoms with Crippen LogP contribution in [0.2, 0.25) is 19.6 Å². The second kappa shape index (κ2) is 4.47. The van der Waals surface area contributed by atoms with Gasteiger partial charge >= 0.3 is 0 Å². The molecule has 0 aromatic heterocycles. The summed E-state index contributed by atoms with van der Waals surface area (Å²) in [6, 6.07) is 8.76. The summed E-state index contributed by atoms with van der Waals surface area (Å²) in [7, 11) is -1.16. The van der Waals surface area contributed by atoms with Gasteiger partial charge in [-0.1, -0.05) is 48.8 Å². The molecule has 0 aliphatic rings. The lowest BCUT2D eigenvalue weighted by atomic mass is 9.97. The first-order valence-electron chi connectivity index (χ1n) is 5.82. The van der Waals surface area contributed by atoms with Gasteiger partial charge in [0.05, 0.1) is 8.07 Å². The van der Waals surface area contributed by atoms with Crippen LogP contribution in [0.1, 0.15) is 26.3 Å². The van der Waals surface area contributed by atoms with Crippen LogP contribution in [0.25, 0.3) is 0 Å². The van der Waals surface area contributed by atoms with Gasteiger partial charge in [0.1, 0.15) is 0 Å². The molecule has 0 aliphatic carbocycles. The van der Waals surface area contributed by atoms with Crippen molar-refractivity contribution in [1.29, 1.82) is 0 Å². The van der Waals surface area contributed by atoms with E-state index in [2.05, 4.69) is 76.5 Å². The van der Waals surface area contributed by atoms with Gasteiger partial charge < -0.3 is 0 Å². The number of hydrogen-bond acceptors (Lipinski definition) is 0. The van der Waals surface area contributed by atoms with E-state index in [0.29, 0.717) is 0 Å². The first-order valence-corrected chi connectivity index (χ1v) is 9.32. The van der Waals surface area contributed by atoms with Crippen molar-refractivity contribution in [3.05, 3.63) is 29.8 Å². The Kier molecular flexibility index (Phi) is 3.65. The van der Waals surface area contributed by atoms with Gasteiger partial charge in [-0.15, -0.1) is 0 Å². The lowest BCUT2D eigenvalue weighted by Crippen LogP contribution is -2.37. The smallest absolute Gasteiger partial charge is 0.0775 e. The SMILES string of the molecule is CC(C)(C)C#Cc1ccc([Si](C)(C)C)cc1. The van der Waals surface area contributed by atoms with E-state index < -0.39 is 8.07 Å². The van der Waals surface area contributed by atoms with Crippen LogP contribution in [0.4, 0.5) is 0 Å². The monoisotopic (exact) mass is 230 g/mol. The lowest BCUT2D eigenvalue weighted by Gasteiger charge is -2.16. The Morgan fingerprint density at radius 3 is 1.81 bits per heavy atom. The van der Waals surface area contributed by atoms with Crippen molar-refractivity contribution in [2.75, 3.05) is 0 Å². The highest BCUT2D eigenvalue weighted by molar-refractivity contribution is 6.88. The molecule has 0 saturated carbocycles. The quantitative estimate of drug-likeness (QED) is 0.510. The molecule has 16 heavy (non-hydrogen) atoms. The van der Waals surface area contributed by atoms with Crippen LogP contribution < -0.4 is 5.19 Å². The van der Waals surface area contributed by atoms with Crippen molar-refractivity contribution in [1.82, 2.24) is 0 Å². The van der Waals surface area contributed by atoms with Crippen LogP contribution in [-0.2, 0) is 0 Å². The standard InChI is InChI=1S/C15H22Si/c1-15(2,3)12-11-13-7-9-14(10-8-13)16(4,5)6/h7-10H,1-6H3. The lowest BCUT2D eigenvalue weighted by molar-refractivity contribution is 0.571. The van der Waals surface area contributed by atoms with Crippen molar-refractivity contribution in [3.8, 4) is 11.8 Å². The van der Waals surface area contributed by atoms with Gasteiger partial charge in [-0.2, -0.15) is 0 Å². The first kappa shape index (κ1) is 13.1. The second-order valence-electron chi connectivity index (χ2n) is 6.33. The van der Waals surface area contributed by atoms with Gasteiger partial charge in [0, 0.05) is 11.0 Å². The summed E-state index contributed by atoms with van der Waals surface area (Å²) < 4.78 is 0. The van der Waals surface area contributed by atoms with E-state index in [1.807, 2.05) is 0 Å². The molecule has 0 saturated heterocycles. The van der Waals surface area contributed by atoms with Gasteiger partial charge in [0.25, 0.3) is 0 Å². The van der Waals surface area contributed by atoms with E-state index >= 15 is 0 Å². The fourth-order valence-electron chi connectivity index (χ4n) is 1.31. The molecule has 86 valence electrons. The Morgan fingerprint density at radius 1 is 0.938 bits per heavy atom. The Labute approximate surface area is 101 Å². The normalized spacial score (nSPS) is 11.9. The minimum absolute atomic E-state index is 0.0808. The van der Waals surface area contributed by atoms with Crippen LogP contribution in [0.5, 0.6) is 0 Å². The van der Waals surface area contributed by atoms with Gasteiger partial charge in [-0.05, 0) is 32.9 Å². The van der Waals surface area contributed by atoms with Crippen LogP contribution in [0, 0.1) is 17.3 Å². The zero-order chi connectivity index (χ0) is 12.4. The summed E-state index contributed by atoms with van der Waals surface area (Å²) in [6.07, 6.45) is 0. The molecule has 1 aromatic rings. The largest absolute Gasteiger partial charge is 0.0920 e. The van der Waals surface area contributed by atoms with E-state index in [0.717, 1.165) is 5.56 Å². The van der Waals surface area contributed by atoms with E-state index in [9.17, 15) is 0 Å². The highest BCUT2D eigenvalue weighted by Gasteiger charge is 2.15. The summed E-state index contributed by atoms with van der Waals surface area (Å²) in [4.78, 5) is 0. The molecule has 0 fully saturated rings. The molecular formula is C15H22Si. The maximum atomic E-state index is 3.26. The average molecular weight is 230 g/mol. The van der Waals surface area contributed by atoms with E-state index in [1.165, 1.54) is 5.19 Å². The third-order valence-corrected chi connectivity index (χ3v) is 4.40. The Bertz CT molecular complexity index is 402. The zero-order valence-electron chi connectivity index (χ0n) is 11.3. The topological polar surface area (TPSA) is 0 Å². The zero-order valence-corrected chi connectivity index (χ0v) is 12.3. The minimum atomic E-state index is -1.16. The van der Waals surface area contributed by atoms with Gasteiger partial charge in [0.15, 0.2) is 0 Å². The van der Waals surface area contributed by atoms with E-state index in [1.54, 1.807) is 0 Å². The molecule has 0 radical (unpaired) electrons. The molecule has 0 nitrogen and oxygen atoms in total. The predicted molar refractivity (Wildman–Crippen MR) is 75.8 cm³/mol.